The average Bonchev–Trinajstić information content (AvgIpc) is 3.11. The smallest absolute Gasteiger partial charge is 0.253 e. The molecule has 0 N–H and O–H groups in total. The highest BCUT2D eigenvalue weighted by Gasteiger charge is 2.20. The molecule has 0 saturated carbocycles. The number of nitrogens with zero attached hydrogens (tertiary/aromatic N) is 4. The molecule has 3 aromatic rings. The maximum atomic E-state index is 12.7. The van der Waals surface area contributed by atoms with E-state index < -0.39 is 0 Å². The summed E-state index contributed by atoms with van der Waals surface area (Å²) in [5.41, 5.74) is 5.22. The van der Waals surface area contributed by atoms with Crippen molar-refractivity contribution in [3.8, 4) is 11.1 Å². The third kappa shape index (κ3) is 3.60. The molecular formula is C22H26N4O. The summed E-state index contributed by atoms with van der Waals surface area (Å²) in [4.78, 5) is 21.4. The van der Waals surface area contributed by atoms with Crippen LogP contribution in [-0.2, 0) is 6.42 Å². The van der Waals surface area contributed by atoms with E-state index in [1.54, 1.807) is 0 Å². The van der Waals surface area contributed by atoms with Crippen LogP contribution in [-0.4, -0.2) is 58.3 Å². The zero-order chi connectivity index (χ0) is 18.8. The Balaban J connectivity index is 1.56. The van der Waals surface area contributed by atoms with Gasteiger partial charge in [-0.1, -0.05) is 25.5 Å². The van der Waals surface area contributed by atoms with Crippen LogP contribution in [0.15, 0.2) is 48.8 Å². The van der Waals surface area contributed by atoms with E-state index in [4.69, 9.17) is 0 Å². The minimum atomic E-state index is 0.130. The molecule has 1 saturated heterocycles. The lowest BCUT2D eigenvalue weighted by Crippen LogP contribution is -2.47. The summed E-state index contributed by atoms with van der Waals surface area (Å²) in [5, 5.41) is 0. The molecule has 4 rings (SSSR count). The Bertz CT molecular complexity index is 937. The molecule has 5 nitrogen and oxygen atoms in total. The van der Waals surface area contributed by atoms with Gasteiger partial charge in [-0.25, -0.2) is 4.98 Å². The first kappa shape index (κ1) is 17.7. The predicted octanol–water partition coefficient (Wildman–Crippen LogP) is 3.34. The lowest BCUT2D eigenvalue weighted by atomic mass is 10.0. The maximum absolute atomic E-state index is 12.7. The molecule has 27 heavy (non-hydrogen) atoms. The number of piperazine rings is 1. The largest absolute Gasteiger partial charge is 0.336 e. The molecule has 0 spiro atoms. The van der Waals surface area contributed by atoms with Gasteiger partial charge in [-0.3, -0.25) is 4.79 Å². The number of benzene rings is 1. The number of carbonyl (C=O) groups excluding carboxylic acids is 1. The molecule has 0 unspecified atom stereocenters. The lowest BCUT2D eigenvalue weighted by Gasteiger charge is -2.32. The Hall–Kier alpha value is -2.66. The second kappa shape index (κ2) is 7.53. The van der Waals surface area contributed by atoms with Gasteiger partial charge in [0.25, 0.3) is 5.91 Å². The fourth-order valence-electron chi connectivity index (χ4n) is 3.64. The first-order valence-electron chi connectivity index (χ1n) is 9.70. The third-order valence-corrected chi connectivity index (χ3v) is 5.34. The highest BCUT2D eigenvalue weighted by molar-refractivity contribution is 5.94. The highest BCUT2D eigenvalue weighted by atomic mass is 16.2. The first-order chi connectivity index (χ1) is 13.2. The van der Waals surface area contributed by atoms with Gasteiger partial charge in [0.1, 0.15) is 5.65 Å². The SMILES string of the molecule is CCCc1cnc2ccc(-c3ccc(C(=O)N4CCN(C)CC4)cc3)cn12. The number of hydrogen-bond donors (Lipinski definition) is 0. The van der Waals surface area contributed by atoms with Crippen LogP contribution in [0.1, 0.15) is 29.4 Å². The Kier molecular flexibility index (Phi) is 4.94. The molecule has 140 valence electrons. The van der Waals surface area contributed by atoms with Gasteiger partial charge >= 0.3 is 0 Å². The number of aromatic nitrogens is 2. The molecule has 0 atom stereocenters. The summed E-state index contributed by atoms with van der Waals surface area (Å²) in [7, 11) is 2.10. The van der Waals surface area contributed by atoms with Crippen molar-refractivity contribution in [2.45, 2.75) is 19.8 Å². The fourth-order valence-corrected chi connectivity index (χ4v) is 3.64. The summed E-state index contributed by atoms with van der Waals surface area (Å²) in [6.45, 7) is 5.66. The Morgan fingerprint density at radius 1 is 1.00 bits per heavy atom. The van der Waals surface area contributed by atoms with Crippen LogP contribution in [0.4, 0.5) is 0 Å². The number of imidazole rings is 1. The van der Waals surface area contributed by atoms with Gasteiger partial charge in [0.05, 0.1) is 0 Å². The normalized spacial score (nSPS) is 15.4. The first-order valence-corrected chi connectivity index (χ1v) is 9.70. The number of fused-ring (bicyclic) bond motifs is 1. The zero-order valence-electron chi connectivity index (χ0n) is 16.1. The van der Waals surface area contributed by atoms with E-state index in [0.717, 1.165) is 61.4 Å². The van der Waals surface area contributed by atoms with Crippen molar-refractivity contribution >= 4 is 11.6 Å². The van der Waals surface area contributed by atoms with E-state index in [-0.39, 0.29) is 5.91 Å². The molecular weight excluding hydrogens is 336 g/mol. The van der Waals surface area contributed by atoms with E-state index in [1.165, 1.54) is 5.69 Å². The van der Waals surface area contributed by atoms with E-state index in [0.29, 0.717) is 0 Å². The molecule has 1 amide bonds. The van der Waals surface area contributed by atoms with Gasteiger partial charge < -0.3 is 14.2 Å². The second-order valence-corrected chi connectivity index (χ2v) is 7.32. The highest BCUT2D eigenvalue weighted by Crippen LogP contribution is 2.22. The minimum Gasteiger partial charge on any atom is -0.336 e. The van der Waals surface area contributed by atoms with Crippen molar-refractivity contribution in [2.75, 3.05) is 33.2 Å². The molecule has 0 radical (unpaired) electrons. The molecule has 3 heterocycles. The van der Waals surface area contributed by atoms with Crippen LogP contribution in [0.2, 0.25) is 0 Å². The summed E-state index contributed by atoms with van der Waals surface area (Å²) in [5.74, 6) is 0.130. The minimum absolute atomic E-state index is 0.130. The van der Waals surface area contributed by atoms with Gasteiger partial charge in [0.15, 0.2) is 0 Å². The molecule has 0 bridgehead atoms. The van der Waals surface area contributed by atoms with E-state index in [9.17, 15) is 4.79 Å². The van der Waals surface area contributed by atoms with E-state index in [2.05, 4.69) is 46.6 Å². The Labute approximate surface area is 160 Å². The number of aryl methyl sites for hydroxylation is 1. The van der Waals surface area contributed by atoms with Crippen LogP contribution >= 0.6 is 0 Å². The fraction of sp³-hybridized carbons (Fsp3) is 0.364. The third-order valence-electron chi connectivity index (χ3n) is 5.34. The number of rotatable bonds is 4. The number of amides is 1. The molecule has 1 aromatic carbocycles. The van der Waals surface area contributed by atoms with Crippen molar-refractivity contribution in [1.29, 1.82) is 0 Å². The summed E-state index contributed by atoms with van der Waals surface area (Å²) in [6, 6.07) is 12.1. The number of likely N-dealkylation sites (N-methyl/N-ethyl adjacent to an activating group) is 1. The van der Waals surface area contributed by atoms with Crippen molar-refractivity contribution in [3.05, 3.63) is 60.0 Å². The summed E-state index contributed by atoms with van der Waals surface area (Å²) >= 11 is 0. The van der Waals surface area contributed by atoms with Crippen molar-refractivity contribution in [2.24, 2.45) is 0 Å². The number of hydrogen-bond acceptors (Lipinski definition) is 3. The van der Waals surface area contributed by atoms with Crippen molar-refractivity contribution in [1.82, 2.24) is 19.2 Å². The molecule has 1 aliphatic heterocycles. The van der Waals surface area contributed by atoms with Gasteiger partial charge in [-0.05, 0) is 48.9 Å². The van der Waals surface area contributed by atoms with Gasteiger partial charge in [0, 0.05) is 49.8 Å². The van der Waals surface area contributed by atoms with E-state index >= 15 is 0 Å². The predicted molar refractivity (Wildman–Crippen MR) is 108 cm³/mol. The average molecular weight is 362 g/mol. The number of carbonyl (C=O) groups is 1. The van der Waals surface area contributed by atoms with E-state index in [1.807, 2.05) is 35.4 Å². The standard InChI is InChI=1S/C22H26N4O/c1-3-4-20-15-23-21-10-9-19(16-26(20)21)17-5-7-18(8-6-17)22(27)25-13-11-24(2)12-14-25/h5-10,15-16H,3-4,11-14H2,1-2H3. The maximum Gasteiger partial charge on any atom is 0.253 e. The zero-order valence-corrected chi connectivity index (χ0v) is 16.1. The summed E-state index contributed by atoms with van der Waals surface area (Å²) in [6.07, 6.45) is 6.22. The second-order valence-electron chi connectivity index (χ2n) is 7.32. The molecule has 1 aliphatic rings. The Morgan fingerprint density at radius 2 is 1.70 bits per heavy atom. The Morgan fingerprint density at radius 3 is 2.41 bits per heavy atom. The lowest BCUT2D eigenvalue weighted by molar-refractivity contribution is 0.0664. The van der Waals surface area contributed by atoms with Crippen LogP contribution in [0, 0.1) is 0 Å². The van der Waals surface area contributed by atoms with Gasteiger partial charge in [0.2, 0.25) is 0 Å². The number of pyridine rings is 1. The molecule has 1 fully saturated rings. The van der Waals surface area contributed by atoms with Crippen LogP contribution in [0.25, 0.3) is 16.8 Å². The monoisotopic (exact) mass is 362 g/mol. The van der Waals surface area contributed by atoms with Gasteiger partial charge in [-0.15, -0.1) is 0 Å². The van der Waals surface area contributed by atoms with Crippen molar-refractivity contribution in [3.63, 3.8) is 0 Å². The van der Waals surface area contributed by atoms with Crippen LogP contribution in [0.3, 0.4) is 0 Å². The topological polar surface area (TPSA) is 40.9 Å². The van der Waals surface area contributed by atoms with Crippen LogP contribution in [0.5, 0.6) is 0 Å². The quantitative estimate of drug-likeness (QED) is 0.715. The van der Waals surface area contributed by atoms with Crippen LogP contribution < -0.4 is 0 Å². The summed E-state index contributed by atoms with van der Waals surface area (Å²) < 4.78 is 2.17. The molecule has 5 heteroatoms. The van der Waals surface area contributed by atoms with Gasteiger partial charge in [-0.2, -0.15) is 0 Å². The van der Waals surface area contributed by atoms with Crippen molar-refractivity contribution < 1.29 is 4.79 Å². The molecule has 2 aromatic heterocycles. The molecule has 0 aliphatic carbocycles.